The van der Waals surface area contributed by atoms with E-state index in [1.165, 1.54) is 5.56 Å². The fourth-order valence-corrected chi connectivity index (χ4v) is 3.05. The van der Waals surface area contributed by atoms with Crippen molar-refractivity contribution in [3.05, 3.63) is 45.9 Å². The molecule has 1 fully saturated rings. The number of pyridine rings is 1. The number of carbonyl (C=O) groups is 1. The molecule has 110 valence electrons. The number of piperidine rings is 1. The van der Waals surface area contributed by atoms with Crippen molar-refractivity contribution in [1.82, 2.24) is 9.88 Å². The maximum Gasteiger partial charge on any atom is 0.256 e. The molecule has 0 bridgehead atoms. The fraction of sp³-hybridized carbons (Fsp3) is 0.412. The predicted molar refractivity (Wildman–Crippen MR) is 83.5 cm³/mol. The molecule has 0 radical (unpaired) electrons. The molecule has 2 aromatic rings. The fourth-order valence-electron chi connectivity index (χ4n) is 3.05. The second-order valence-electron chi connectivity index (χ2n) is 5.63. The van der Waals surface area contributed by atoms with Crippen molar-refractivity contribution in [2.24, 2.45) is 0 Å². The number of hydrogen-bond donors (Lipinski definition) is 1. The van der Waals surface area contributed by atoms with Gasteiger partial charge in [-0.2, -0.15) is 0 Å². The third-order valence-electron chi connectivity index (χ3n) is 4.27. The van der Waals surface area contributed by atoms with E-state index in [1.54, 1.807) is 0 Å². The number of carbonyl (C=O) groups excluding carboxylic acids is 1. The van der Waals surface area contributed by atoms with E-state index in [2.05, 4.69) is 16.8 Å². The molecular weight excluding hydrogens is 264 g/mol. The van der Waals surface area contributed by atoms with Crippen LogP contribution in [0.2, 0.25) is 0 Å². The van der Waals surface area contributed by atoms with Crippen molar-refractivity contribution >= 4 is 16.6 Å². The zero-order valence-corrected chi connectivity index (χ0v) is 12.3. The summed E-state index contributed by atoms with van der Waals surface area (Å²) in [6.07, 6.45) is 2.09. The number of rotatable bonds is 3. The third kappa shape index (κ3) is 2.76. The van der Waals surface area contributed by atoms with Gasteiger partial charge >= 0.3 is 0 Å². The number of fused-ring (bicyclic) bond motifs is 1. The lowest BCUT2D eigenvalue weighted by Crippen LogP contribution is -2.34. The quantitative estimate of drug-likeness (QED) is 0.940. The summed E-state index contributed by atoms with van der Waals surface area (Å²) in [6.45, 7) is 4.49. The zero-order chi connectivity index (χ0) is 14.8. The molecule has 0 atom stereocenters. The Morgan fingerprint density at radius 3 is 2.43 bits per heavy atom. The lowest BCUT2D eigenvalue weighted by molar-refractivity contribution is -0.121. The van der Waals surface area contributed by atoms with E-state index < -0.39 is 0 Å². The Morgan fingerprint density at radius 1 is 1.10 bits per heavy atom. The minimum Gasteiger partial charge on any atom is -0.325 e. The highest BCUT2D eigenvalue weighted by atomic mass is 16.1. The molecule has 1 aromatic heterocycles. The molecular formula is C17H20N2O2. The number of ketones is 1. The number of hydrogen-bond acceptors (Lipinski definition) is 3. The average Bonchev–Trinajstić information content (AvgIpc) is 2.52. The van der Waals surface area contributed by atoms with Crippen LogP contribution in [0.25, 0.3) is 10.8 Å². The zero-order valence-electron chi connectivity index (χ0n) is 12.3. The van der Waals surface area contributed by atoms with Crippen LogP contribution in [-0.2, 0) is 17.8 Å². The summed E-state index contributed by atoms with van der Waals surface area (Å²) in [6, 6.07) is 7.77. The Kier molecular flexibility index (Phi) is 3.88. The summed E-state index contributed by atoms with van der Waals surface area (Å²) >= 11 is 0. The molecule has 3 rings (SSSR count). The van der Waals surface area contributed by atoms with Crippen molar-refractivity contribution in [1.29, 1.82) is 0 Å². The second kappa shape index (κ2) is 5.82. The Hall–Kier alpha value is -1.94. The summed E-state index contributed by atoms with van der Waals surface area (Å²) in [7, 11) is 0. The molecule has 1 N–H and O–H groups in total. The van der Waals surface area contributed by atoms with Gasteiger partial charge in [-0.1, -0.05) is 25.1 Å². The van der Waals surface area contributed by atoms with E-state index in [9.17, 15) is 9.59 Å². The van der Waals surface area contributed by atoms with Gasteiger partial charge in [-0.05, 0) is 23.4 Å². The molecule has 4 nitrogen and oxygen atoms in total. The van der Waals surface area contributed by atoms with Gasteiger partial charge in [0.15, 0.2) is 0 Å². The number of likely N-dealkylation sites (tertiary alicyclic amines) is 1. The topological polar surface area (TPSA) is 53.2 Å². The van der Waals surface area contributed by atoms with Crippen molar-refractivity contribution in [2.75, 3.05) is 13.1 Å². The first-order chi connectivity index (χ1) is 10.2. The van der Waals surface area contributed by atoms with Gasteiger partial charge in [0.1, 0.15) is 5.78 Å². The Bertz CT molecular complexity index is 723. The highest BCUT2D eigenvalue weighted by Gasteiger charge is 2.19. The van der Waals surface area contributed by atoms with E-state index in [1.807, 2.05) is 24.3 Å². The van der Waals surface area contributed by atoms with Crippen LogP contribution in [0.3, 0.4) is 0 Å². The first-order valence-electron chi connectivity index (χ1n) is 7.56. The van der Waals surface area contributed by atoms with Crippen LogP contribution in [-0.4, -0.2) is 28.8 Å². The van der Waals surface area contributed by atoms with Crippen molar-refractivity contribution in [2.45, 2.75) is 32.7 Å². The number of benzene rings is 1. The lowest BCUT2D eigenvalue weighted by atomic mass is 10.0. The van der Waals surface area contributed by atoms with Crippen LogP contribution >= 0.6 is 0 Å². The molecule has 21 heavy (non-hydrogen) atoms. The maximum atomic E-state index is 12.1. The van der Waals surface area contributed by atoms with Crippen LogP contribution in [0.5, 0.6) is 0 Å². The molecule has 0 spiro atoms. The van der Waals surface area contributed by atoms with Gasteiger partial charge in [-0.3, -0.25) is 14.5 Å². The summed E-state index contributed by atoms with van der Waals surface area (Å²) in [5, 5.41) is 1.78. The molecule has 2 heterocycles. The number of H-pyrrole nitrogens is 1. The number of aromatic nitrogens is 1. The highest BCUT2D eigenvalue weighted by Crippen LogP contribution is 2.21. The van der Waals surface area contributed by atoms with Gasteiger partial charge in [0, 0.05) is 43.6 Å². The monoisotopic (exact) mass is 284 g/mol. The van der Waals surface area contributed by atoms with E-state index >= 15 is 0 Å². The first kappa shape index (κ1) is 14.0. The standard InChI is InChI=1S/C17H20N2O2/c1-2-16-15(11-19-9-7-12(20)8-10-19)13-5-3-4-6-14(13)17(21)18-16/h3-6H,2,7-11H2,1H3,(H,18,21). The van der Waals surface area contributed by atoms with Gasteiger partial charge in [-0.15, -0.1) is 0 Å². The molecule has 0 saturated carbocycles. The van der Waals surface area contributed by atoms with Crippen LogP contribution in [0, 0.1) is 0 Å². The smallest absolute Gasteiger partial charge is 0.256 e. The van der Waals surface area contributed by atoms with Crippen LogP contribution < -0.4 is 5.56 Å². The minimum atomic E-state index is -0.0139. The minimum absolute atomic E-state index is 0.0139. The number of Topliss-reactive ketones (excluding diaryl/α,β-unsaturated/α-hetero) is 1. The van der Waals surface area contributed by atoms with Gasteiger partial charge in [0.25, 0.3) is 5.56 Å². The van der Waals surface area contributed by atoms with Gasteiger partial charge in [0.05, 0.1) is 0 Å². The number of nitrogens with zero attached hydrogens (tertiary/aromatic N) is 1. The summed E-state index contributed by atoms with van der Waals surface area (Å²) < 4.78 is 0. The summed E-state index contributed by atoms with van der Waals surface area (Å²) in [5.74, 6) is 0.355. The predicted octanol–water partition coefficient (Wildman–Crippen LogP) is 2.26. The Labute approximate surface area is 123 Å². The molecule has 0 amide bonds. The average molecular weight is 284 g/mol. The largest absolute Gasteiger partial charge is 0.325 e. The third-order valence-corrected chi connectivity index (χ3v) is 4.27. The number of aryl methyl sites for hydroxylation is 1. The van der Waals surface area contributed by atoms with E-state index in [-0.39, 0.29) is 5.56 Å². The lowest BCUT2D eigenvalue weighted by Gasteiger charge is -2.27. The van der Waals surface area contributed by atoms with Crippen molar-refractivity contribution in [3.8, 4) is 0 Å². The molecule has 1 aliphatic rings. The number of aromatic amines is 1. The SMILES string of the molecule is CCc1[nH]c(=O)c2ccccc2c1CN1CCC(=O)CC1. The second-order valence-corrected chi connectivity index (χ2v) is 5.63. The van der Waals surface area contributed by atoms with E-state index in [0.29, 0.717) is 18.6 Å². The highest BCUT2D eigenvalue weighted by molar-refractivity contribution is 5.85. The van der Waals surface area contributed by atoms with E-state index in [4.69, 9.17) is 0 Å². The molecule has 4 heteroatoms. The van der Waals surface area contributed by atoms with Gasteiger partial charge in [-0.25, -0.2) is 0 Å². The van der Waals surface area contributed by atoms with Crippen LogP contribution in [0.1, 0.15) is 31.0 Å². The molecule has 1 aromatic carbocycles. The van der Waals surface area contributed by atoms with Gasteiger partial charge < -0.3 is 4.98 Å². The number of nitrogens with one attached hydrogen (secondary N) is 1. The maximum absolute atomic E-state index is 12.1. The Morgan fingerprint density at radius 2 is 1.76 bits per heavy atom. The van der Waals surface area contributed by atoms with Crippen LogP contribution in [0.4, 0.5) is 0 Å². The van der Waals surface area contributed by atoms with Gasteiger partial charge in [0.2, 0.25) is 0 Å². The molecule has 1 aliphatic heterocycles. The molecule has 1 saturated heterocycles. The van der Waals surface area contributed by atoms with Crippen LogP contribution in [0.15, 0.2) is 29.1 Å². The van der Waals surface area contributed by atoms with Crippen molar-refractivity contribution < 1.29 is 4.79 Å². The summed E-state index contributed by atoms with van der Waals surface area (Å²) in [4.78, 5) is 28.8. The molecule has 0 unspecified atom stereocenters. The normalized spacial score (nSPS) is 16.5. The first-order valence-corrected chi connectivity index (χ1v) is 7.56. The Balaban J connectivity index is 2.02. The van der Waals surface area contributed by atoms with E-state index in [0.717, 1.165) is 42.5 Å². The molecule has 0 aliphatic carbocycles. The summed E-state index contributed by atoms with van der Waals surface area (Å²) in [5.41, 5.74) is 2.19. The van der Waals surface area contributed by atoms with Crippen molar-refractivity contribution in [3.63, 3.8) is 0 Å².